The van der Waals surface area contributed by atoms with Gasteiger partial charge in [-0.3, -0.25) is 4.79 Å². The Balaban J connectivity index is 2.08. The van der Waals surface area contributed by atoms with Crippen molar-refractivity contribution in [2.24, 2.45) is 0 Å². The maximum atomic E-state index is 12.9. The lowest BCUT2D eigenvalue weighted by molar-refractivity contribution is 0.0951. The summed E-state index contributed by atoms with van der Waals surface area (Å²) in [5.41, 5.74) is 0.931. The van der Waals surface area contributed by atoms with E-state index in [-0.39, 0.29) is 22.5 Å². The molecule has 2 aromatic rings. The molecule has 0 heterocycles. The molecule has 0 saturated carbocycles. The number of nitrogens with one attached hydrogen (secondary N) is 1. The third kappa shape index (κ3) is 3.63. The van der Waals surface area contributed by atoms with E-state index in [0.29, 0.717) is 16.1 Å². The number of benzene rings is 2. The van der Waals surface area contributed by atoms with Gasteiger partial charge in [0.05, 0.1) is 10.6 Å². The molecule has 0 fully saturated rings. The fourth-order valence-electron chi connectivity index (χ4n) is 1.61. The van der Waals surface area contributed by atoms with E-state index in [2.05, 4.69) is 5.32 Å². The smallest absolute Gasteiger partial charge is 0.253 e. The fourth-order valence-corrected chi connectivity index (χ4v) is 2.34. The van der Waals surface area contributed by atoms with Crippen LogP contribution in [0.2, 0.25) is 15.1 Å². The quantitative estimate of drug-likeness (QED) is 0.866. The van der Waals surface area contributed by atoms with Crippen LogP contribution >= 0.6 is 34.8 Å². The van der Waals surface area contributed by atoms with E-state index < -0.39 is 5.82 Å². The monoisotopic (exact) mass is 331 g/mol. The van der Waals surface area contributed by atoms with E-state index in [1.54, 1.807) is 6.07 Å². The van der Waals surface area contributed by atoms with Gasteiger partial charge in [-0.2, -0.15) is 0 Å². The van der Waals surface area contributed by atoms with E-state index in [1.165, 1.54) is 30.3 Å². The van der Waals surface area contributed by atoms with Crippen LogP contribution in [-0.2, 0) is 6.54 Å². The van der Waals surface area contributed by atoms with Crippen LogP contribution in [0.5, 0.6) is 0 Å². The Kier molecular flexibility index (Phi) is 4.86. The zero-order valence-electron chi connectivity index (χ0n) is 10.1. The Morgan fingerprint density at radius 3 is 2.45 bits per heavy atom. The van der Waals surface area contributed by atoms with E-state index in [1.807, 2.05) is 0 Å². The molecule has 2 nitrogen and oxygen atoms in total. The summed E-state index contributed by atoms with van der Waals surface area (Å²) in [6.45, 7) is 0.177. The minimum atomic E-state index is -0.425. The molecule has 104 valence electrons. The third-order valence-corrected chi connectivity index (χ3v) is 3.53. The minimum absolute atomic E-state index is 0.177. The molecule has 0 unspecified atom stereocenters. The average molecular weight is 333 g/mol. The van der Waals surface area contributed by atoms with Gasteiger partial charge in [0.15, 0.2) is 0 Å². The second kappa shape index (κ2) is 6.44. The van der Waals surface area contributed by atoms with Gasteiger partial charge in [0.25, 0.3) is 5.91 Å². The first-order chi connectivity index (χ1) is 9.47. The summed E-state index contributed by atoms with van der Waals surface area (Å²) in [6, 6.07) is 8.59. The molecule has 0 saturated heterocycles. The van der Waals surface area contributed by atoms with E-state index >= 15 is 0 Å². The second-order valence-electron chi connectivity index (χ2n) is 4.04. The lowest BCUT2D eigenvalue weighted by Crippen LogP contribution is -2.23. The van der Waals surface area contributed by atoms with Crippen LogP contribution < -0.4 is 5.32 Å². The van der Waals surface area contributed by atoms with Crippen molar-refractivity contribution in [1.82, 2.24) is 5.32 Å². The van der Waals surface area contributed by atoms with Gasteiger partial charge in [-0.25, -0.2) is 4.39 Å². The highest BCUT2D eigenvalue weighted by molar-refractivity contribution is 6.36. The summed E-state index contributed by atoms with van der Waals surface area (Å²) in [4.78, 5) is 12.0. The molecule has 0 bridgehead atoms. The summed E-state index contributed by atoms with van der Waals surface area (Å²) in [6.07, 6.45) is 0. The molecule has 0 radical (unpaired) electrons. The van der Waals surface area contributed by atoms with Crippen molar-refractivity contribution in [3.8, 4) is 0 Å². The Hall–Kier alpha value is -1.29. The number of halogens is 4. The maximum absolute atomic E-state index is 12.9. The molecule has 20 heavy (non-hydrogen) atoms. The number of carbonyl (C=O) groups excluding carboxylic acids is 1. The Labute approximate surface area is 130 Å². The molecule has 1 N–H and O–H groups in total. The van der Waals surface area contributed by atoms with Crippen LogP contribution in [0.1, 0.15) is 15.9 Å². The van der Waals surface area contributed by atoms with Crippen LogP contribution in [0.3, 0.4) is 0 Å². The van der Waals surface area contributed by atoms with Gasteiger partial charge in [-0.1, -0.05) is 40.9 Å². The second-order valence-corrected chi connectivity index (χ2v) is 5.29. The number of hydrogen-bond donors (Lipinski definition) is 1. The molecule has 6 heteroatoms. The molecular formula is C14H9Cl3FNO. The first-order valence-corrected chi connectivity index (χ1v) is 6.78. The molecule has 0 aliphatic carbocycles. The zero-order valence-corrected chi connectivity index (χ0v) is 12.4. The molecule has 0 atom stereocenters. The number of carbonyl (C=O) groups is 1. The first kappa shape index (κ1) is 15.1. The molecule has 2 aromatic carbocycles. The van der Waals surface area contributed by atoms with E-state index in [9.17, 15) is 9.18 Å². The number of hydrogen-bond acceptors (Lipinski definition) is 1. The van der Waals surface area contributed by atoms with Crippen LogP contribution in [0.25, 0.3) is 0 Å². The van der Waals surface area contributed by atoms with Crippen molar-refractivity contribution in [1.29, 1.82) is 0 Å². The van der Waals surface area contributed by atoms with Gasteiger partial charge >= 0.3 is 0 Å². The highest BCUT2D eigenvalue weighted by Crippen LogP contribution is 2.21. The largest absolute Gasteiger partial charge is 0.348 e. The minimum Gasteiger partial charge on any atom is -0.348 e. The standard InChI is InChI=1S/C14H9Cl3FNO/c15-9-2-4-11(13(17)5-9)14(20)19-7-8-1-3-10(18)6-12(8)16/h1-6H,7H2,(H,19,20). The predicted octanol–water partition coefficient (Wildman–Crippen LogP) is 4.72. The molecule has 0 aromatic heterocycles. The summed E-state index contributed by atoms with van der Waals surface area (Å²) in [5, 5.41) is 3.64. The summed E-state index contributed by atoms with van der Waals surface area (Å²) in [7, 11) is 0. The van der Waals surface area contributed by atoms with Crippen molar-refractivity contribution in [2.45, 2.75) is 6.54 Å². The van der Waals surface area contributed by atoms with E-state index in [4.69, 9.17) is 34.8 Å². The number of amides is 1. The lowest BCUT2D eigenvalue weighted by Gasteiger charge is -2.08. The lowest BCUT2D eigenvalue weighted by atomic mass is 10.2. The van der Waals surface area contributed by atoms with Crippen LogP contribution in [0.15, 0.2) is 36.4 Å². The van der Waals surface area contributed by atoms with Gasteiger partial charge in [-0.05, 0) is 35.9 Å². The fraction of sp³-hybridized carbons (Fsp3) is 0.0714. The summed E-state index contributed by atoms with van der Waals surface area (Å²) in [5.74, 6) is -0.780. The SMILES string of the molecule is O=C(NCc1ccc(F)cc1Cl)c1ccc(Cl)cc1Cl. The Morgan fingerprint density at radius 2 is 1.80 bits per heavy atom. The third-order valence-electron chi connectivity index (χ3n) is 2.63. The van der Waals surface area contributed by atoms with Crippen LogP contribution in [-0.4, -0.2) is 5.91 Å². The van der Waals surface area contributed by atoms with Gasteiger partial charge in [-0.15, -0.1) is 0 Å². The summed E-state index contributed by atoms with van der Waals surface area (Å²) < 4.78 is 12.9. The molecular weight excluding hydrogens is 324 g/mol. The van der Waals surface area contributed by atoms with Crippen molar-refractivity contribution < 1.29 is 9.18 Å². The molecule has 0 aliphatic heterocycles. The Bertz CT molecular complexity index is 661. The first-order valence-electron chi connectivity index (χ1n) is 5.64. The molecule has 1 amide bonds. The molecule has 2 rings (SSSR count). The Morgan fingerprint density at radius 1 is 1.05 bits per heavy atom. The normalized spacial score (nSPS) is 10.4. The van der Waals surface area contributed by atoms with Crippen molar-refractivity contribution in [3.63, 3.8) is 0 Å². The highest BCUT2D eigenvalue weighted by atomic mass is 35.5. The zero-order chi connectivity index (χ0) is 14.7. The van der Waals surface area contributed by atoms with Crippen LogP contribution in [0, 0.1) is 5.82 Å². The van der Waals surface area contributed by atoms with Crippen LogP contribution in [0.4, 0.5) is 4.39 Å². The topological polar surface area (TPSA) is 29.1 Å². The van der Waals surface area contributed by atoms with Gasteiger partial charge in [0.1, 0.15) is 5.82 Å². The van der Waals surface area contributed by atoms with Crippen molar-refractivity contribution in [3.05, 3.63) is 68.4 Å². The van der Waals surface area contributed by atoms with E-state index in [0.717, 1.165) is 0 Å². The van der Waals surface area contributed by atoms with Crippen molar-refractivity contribution >= 4 is 40.7 Å². The summed E-state index contributed by atoms with van der Waals surface area (Å²) >= 11 is 17.6. The van der Waals surface area contributed by atoms with Gasteiger partial charge in [0, 0.05) is 16.6 Å². The van der Waals surface area contributed by atoms with Gasteiger partial charge in [0.2, 0.25) is 0 Å². The van der Waals surface area contributed by atoms with Gasteiger partial charge < -0.3 is 5.32 Å². The average Bonchev–Trinajstić information content (AvgIpc) is 2.37. The predicted molar refractivity (Wildman–Crippen MR) is 79.0 cm³/mol. The highest BCUT2D eigenvalue weighted by Gasteiger charge is 2.11. The molecule has 0 spiro atoms. The maximum Gasteiger partial charge on any atom is 0.253 e. The molecule has 0 aliphatic rings. The van der Waals surface area contributed by atoms with Crippen molar-refractivity contribution in [2.75, 3.05) is 0 Å². The number of rotatable bonds is 3.